The Kier molecular flexibility index (Phi) is 5.65. The third-order valence-corrected chi connectivity index (χ3v) is 7.61. The fraction of sp³-hybridized carbons (Fsp3) is 0.217. The smallest absolute Gasteiger partial charge is 0.297 e. The van der Waals surface area contributed by atoms with Crippen LogP contribution in [0.15, 0.2) is 61.0 Å². The lowest BCUT2D eigenvalue weighted by Crippen LogP contribution is -2.29. The number of carbonyl (C=O) groups is 1. The molecule has 1 atom stereocenters. The molecule has 5 rings (SSSR count). The van der Waals surface area contributed by atoms with E-state index < -0.39 is 6.04 Å². The number of aryl methyl sites for hydroxylation is 1. The van der Waals surface area contributed by atoms with E-state index in [2.05, 4.69) is 33.1 Å². The number of carbonyl (C=O) groups excluding carboxylic acids is 1. The number of benzene rings is 2. The normalized spacial score (nSPS) is 15.5. The van der Waals surface area contributed by atoms with Crippen LogP contribution in [-0.4, -0.2) is 22.4 Å². The summed E-state index contributed by atoms with van der Waals surface area (Å²) in [5.41, 5.74) is 1.33. The topological polar surface area (TPSA) is 76.3 Å². The Labute approximate surface area is 200 Å². The minimum atomic E-state index is -0.629. The molecular formula is C23H18BrN3O3S2. The van der Waals surface area contributed by atoms with Crippen molar-refractivity contribution in [1.29, 1.82) is 0 Å². The van der Waals surface area contributed by atoms with Crippen molar-refractivity contribution in [2.24, 2.45) is 0 Å². The molecule has 162 valence electrons. The molecule has 1 unspecified atom stereocenters. The summed E-state index contributed by atoms with van der Waals surface area (Å²) in [4.78, 5) is 29.8. The molecule has 0 aliphatic carbocycles. The molecule has 0 fully saturated rings. The van der Waals surface area contributed by atoms with E-state index in [0.29, 0.717) is 21.7 Å². The molecule has 2 aromatic carbocycles. The van der Waals surface area contributed by atoms with Crippen molar-refractivity contribution in [3.05, 3.63) is 79.1 Å². The van der Waals surface area contributed by atoms with Crippen LogP contribution in [0.3, 0.4) is 0 Å². The number of halogens is 1. The van der Waals surface area contributed by atoms with Crippen LogP contribution in [0.4, 0.5) is 5.13 Å². The van der Waals surface area contributed by atoms with Gasteiger partial charge in [0.15, 0.2) is 5.43 Å². The number of anilines is 1. The quantitative estimate of drug-likeness (QED) is 0.304. The molecule has 4 aromatic rings. The molecule has 1 amide bonds. The molecule has 1 aliphatic heterocycles. The molecule has 0 saturated heterocycles. The number of nitrogens with zero attached hydrogens (tertiary/aromatic N) is 3. The Morgan fingerprint density at radius 2 is 1.94 bits per heavy atom. The van der Waals surface area contributed by atoms with Crippen molar-refractivity contribution >= 4 is 61.0 Å². The van der Waals surface area contributed by atoms with E-state index in [9.17, 15) is 9.59 Å². The fourth-order valence-electron chi connectivity index (χ4n) is 3.90. The summed E-state index contributed by atoms with van der Waals surface area (Å²) in [6.45, 7) is 2.07. The maximum Gasteiger partial charge on any atom is 0.297 e. The number of fused-ring (bicyclic) bond motifs is 2. The summed E-state index contributed by atoms with van der Waals surface area (Å²) >= 11 is 6.43. The van der Waals surface area contributed by atoms with E-state index in [-0.39, 0.29) is 17.1 Å². The number of hydrogen-bond donors (Lipinski definition) is 0. The SMILES string of the molecule is CCCc1nnc(N2C(=O)c3oc4ccc(Br)cc4c(=O)c3C2c2ccc(SC)cc2)s1. The predicted octanol–water partition coefficient (Wildman–Crippen LogP) is 5.83. The summed E-state index contributed by atoms with van der Waals surface area (Å²) in [7, 11) is 0. The highest BCUT2D eigenvalue weighted by molar-refractivity contribution is 9.10. The number of rotatable bonds is 5. The molecular weight excluding hydrogens is 510 g/mol. The monoisotopic (exact) mass is 527 g/mol. The van der Waals surface area contributed by atoms with Gasteiger partial charge in [-0.15, -0.1) is 22.0 Å². The van der Waals surface area contributed by atoms with Crippen molar-refractivity contribution in [3.8, 4) is 0 Å². The molecule has 0 radical (unpaired) electrons. The van der Waals surface area contributed by atoms with Crippen LogP contribution in [0.5, 0.6) is 0 Å². The molecule has 3 heterocycles. The fourth-order valence-corrected chi connectivity index (χ4v) is 5.64. The first kappa shape index (κ1) is 21.4. The van der Waals surface area contributed by atoms with Crippen LogP contribution >= 0.6 is 39.0 Å². The highest BCUT2D eigenvalue weighted by Crippen LogP contribution is 2.42. The van der Waals surface area contributed by atoms with Gasteiger partial charge in [-0.05, 0) is 48.6 Å². The maximum atomic E-state index is 13.6. The van der Waals surface area contributed by atoms with E-state index in [1.54, 1.807) is 34.9 Å². The average molecular weight is 528 g/mol. The standard InChI is InChI=1S/C23H18BrN3O3S2/c1-3-4-17-25-26-23(32-17)27-19(12-5-8-14(31-2)9-6-12)18-20(28)15-11-13(24)7-10-16(15)30-21(18)22(27)29/h5-11,19H,3-4H2,1-2H3. The average Bonchev–Trinajstić information content (AvgIpc) is 3.37. The number of aromatic nitrogens is 2. The van der Waals surface area contributed by atoms with Gasteiger partial charge in [-0.25, -0.2) is 0 Å². The third kappa shape index (κ3) is 3.48. The second-order valence-electron chi connectivity index (χ2n) is 7.39. The van der Waals surface area contributed by atoms with Gasteiger partial charge in [0.2, 0.25) is 10.9 Å². The van der Waals surface area contributed by atoms with Crippen LogP contribution in [0.1, 0.15) is 46.1 Å². The summed E-state index contributed by atoms with van der Waals surface area (Å²) in [5.74, 6) is -0.309. The van der Waals surface area contributed by atoms with Gasteiger partial charge in [-0.3, -0.25) is 14.5 Å². The van der Waals surface area contributed by atoms with Gasteiger partial charge in [-0.2, -0.15) is 0 Å². The van der Waals surface area contributed by atoms with Crippen LogP contribution in [0.25, 0.3) is 11.0 Å². The van der Waals surface area contributed by atoms with Crippen molar-refractivity contribution < 1.29 is 9.21 Å². The summed E-state index contributed by atoms with van der Waals surface area (Å²) < 4.78 is 6.77. The zero-order valence-electron chi connectivity index (χ0n) is 17.3. The zero-order chi connectivity index (χ0) is 22.4. The van der Waals surface area contributed by atoms with Crippen LogP contribution < -0.4 is 10.3 Å². The van der Waals surface area contributed by atoms with Gasteiger partial charge in [0, 0.05) is 15.8 Å². The van der Waals surface area contributed by atoms with Gasteiger partial charge >= 0.3 is 0 Å². The first-order chi connectivity index (χ1) is 15.5. The van der Waals surface area contributed by atoms with Crippen molar-refractivity contribution in [3.63, 3.8) is 0 Å². The van der Waals surface area contributed by atoms with Gasteiger partial charge in [0.1, 0.15) is 10.6 Å². The lowest BCUT2D eigenvalue weighted by molar-refractivity contribution is 0.0970. The van der Waals surface area contributed by atoms with E-state index in [1.165, 1.54) is 11.3 Å². The van der Waals surface area contributed by atoms with Gasteiger partial charge < -0.3 is 4.42 Å². The first-order valence-corrected chi connectivity index (χ1v) is 12.9. The van der Waals surface area contributed by atoms with Gasteiger partial charge in [-0.1, -0.05) is 46.3 Å². The van der Waals surface area contributed by atoms with Crippen molar-refractivity contribution in [1.82, 2.24) is 10.2 Å². The van der Waals surface area contributed by atoms with Crippen molar-refractivity contribution in [2.75, 3.05) is 11.2 Å². The molecule has 6 nitrogen and oxygen atoms in total. The number of thioether (sulfide) groups is 1. The molecule has 32 heavy (non-hydrogen) atoms. The Bertz CT molecular complexity index is 1400. The molecule has 0 saturated carbocycles. The molecule has 1 aliphatic rings. The van der Waals surface area contributed by atoms with E-state index in [4.69, 9.17) is 4.42 Å². The summed E-state index contributed by atoms with van der Waals surface area (Å²) in [5, 5.41) is 10.3. The van der Waals surface area contributed by atoms with Gasteiger partial charge in [0.25, 0.3) is 5.91 Å². The maximum absolute atomic E-state index is 13.6. The lowest BCUT2D eigenvalue weighted by Gasteiger charge is -2.22. The predicted molar refractivity (Wildman–Crippen MR) is 131 cm³/mol. The zero-order valence-corrected chi connectivity index (χ0v) is 20.5. The largest absolute Gasteiger partial charge is 0.450 e. The summed E-state index contributed by atoms with van der Waals surface area (Å²) in [6, 6.07) is 12.5. The Hall–Kier alpha value is -2.49. The van der Waals surface area contributed by atoms with Crippen molar-refractivity contribution in [2.45, 2.75) is 30.7 Å². The lowest BCUT2D eigenvalue weighted by atomic mass is 9.99. The van der Waals surface area contributed by atoms with E-state index in [1.807, 2.05) is 30.5 Å². The van der Waals surface area contributed by atoms with E-state index in [0.717, 1.165) is 32.8 Å². The van der Waals surface area contributed by atoms with Gasteiger partial charge in [0.05, 0.1) is 17.0 Å². The third-order valence-electron chi connectivity index (χ3n) is 5.39. The molecule has 9 heteroatoms. The van der Waals surface area contributed by atoms with Crippen LogP contribution in [-0.2, 0) is 6.42 Å². The second-order valence-corrected chi connectivity index (χ2v) is 10.2. The highest BCUT2D eigenvalue weighted by atomic mass is 79.9. The minimum Gasteiger partial charge on any atom is -0.450 e. The number of hydrogen-bond acceptors (Lipinski definition) is 7. The second kappa shape index (κ2) is 8.46. The highest BCUT2D eigenvalue weighted by Gasteiger charge is 2.45. The first-order valence-electron chi connectivity index (χ1n) is 10.1. The molecule has 0 spiro atoms. The van der Waals surface area contributed by atoms with Crippen LogP contribution in [0.2, 0.25) is 0 Å². The molecule has 0 bridgehead atoms. The Morgan fingerprint density at radius 1 is 1.16 bits per heavy atom. The molecule has 2 aromatic heterocycles. The Morgan fingerprint density at radius 3 is 2.66 bits per heavy atom. The molecule has 0 N–H and O–H groups in total. The Balaban J connectivity index is 1.75. The minimum absolute atomic E-state index is 0.0657. The number of amides is 1. The van der Waals surface area contributed by atoms with Crippen LogP contribution in [0, 0.1) is 0 Å². The van der Waals surface area contributed by atoms with E-state index >= 15 is 0 Å². The summed E-state index contributed by atoms with van der Waals surface area (Å²) in [6.07, 6.45) is 3.72.